The van der Waals surface area contributed by atoms with Crippen LogP contribution >= 0.6 is 0 Å². The Morgan fingerprint density at radius 1 is 1.13 bits per heavy atom. The monoisotopic (exact) mass is 312 g/mol. The lowest BCUT2D eigenvalue weighted by Crippen LogP contribution is -2.21. The first-order valence-electron chi connectivity index (χ1n) is 7.88. The maximum atomic E-state index is 10.2. The summed E-state index contributed by atoms with van der Waals surface area (Å²) < 4.78 is 5.20. The first-order valence-corrected chi connectivity index (χ1v) is 7.88. The molecule has 0 saturated heterocycles. The van der Waals surface area contributed by atoms with Crippen LogP contribution < -0.4 is 9.64 Å². The molecule has 0 spiro atoms. The van der Waals surface area contributed by atoms with E-state index in [2.05, 4.69) is 23.7 Å². The molecule has 0 fully saturated rings. The van der Waals surface area contributed by atoms with E-state index in [9.17, 15) is 5.11 Å². The number of hydrogen-bond acceptors (Lipinski definition) is 4. The van der Waals surface area contributed by atoms with Crippen molar-refractivity contribution in [1.82, 2.24) is 0 Å². The van der Waals surface area contributed by atoms with Crippen molar-refractivity contribution in [3.8, 4) is 11.5 Å². The van der Waals surface area contributed by atoms with Gasteiger partial charge in [0, 0.05) is 36.6 Å². The molecule has 0 aliphatic rings. The molecule has 0 bridgehead atoms. The van der Waals surface area contributed by atoms with Gasteiger partial charge in [-0.1, -0.05) is 12.1 Å². The van der Waals surface area contributed by atoms with Crippen molar-refractivity contribution < 1.29 is 9.84 Å². The first-order chi connectivity index (χ1) is 11.2. The van der Waals surface area contributed by atoms with Crippen molar-refractivity contribution in [3.63, 3.8) is 0 Å². The Hall–Kier alpha value is -2.49. The molecule has 1 N–H and O–H groups in total. The van der Waals surface area contributed by atoms with E-state index in [0.29, 0.717) is 6.54 Å². The first kappa shape index (κ1) is 16.9. The predicted octanol–water partition coefficient (Wildman–Crippen LogP) is 3.87. The van der Waals surface area contributed by atoms with Crippen molar-refractivity contribution in [2.75, 3.05) is 25.1 Å². The number of rotatable bonds is 7. The fourth-order valence-electron chi connectivity index (χ4n) is 2.45. The van der Waals surface area contributed by atoms with E-state index in [-0.39, 0.29) is 5.75 Å². The van der Waals surface area contributed by atoms with E-state index >= 15 is 0 Å². The van der Waals surface area contributed by atoms with Crippen LogP contribution in [0.5, 0.6) is 11.5 Å². The third-order valence-corrected chi connectivity index (χ3v) is 3.78. The highest BCUT2D eigenvalue weighted by Gasteiger charge is 2.05. The highest BCUT2D eigenvalue weighted by molar-refractivity contribution is 5.84. The molecule has 2 aromatic rings. The van der Waals surface area contributed by atoms with Gasteiger partial charge in [0.15, 0.2) is 0 Å². The Morgan fingerprint density at radius 3 is 2.57 bits per heavy atom. The van der Waals surface area contributed by atoms with E-state index in [4.69, 9.17) is 4.74 Å². The smallest absolute Gasteiger partial charge is 0.126 e. The van der Waals surface area contributed by atoms with Gasteiger partial charge >= 0.3 is 0 Å². The molecule has 0 aliphatic heterocycles. The Morgan fingerprint density at radius 2 is 1.91 bits per heavy atom. The second-order valence-electron chi connectivity index (χ2n) is 5.24. The number of phenols is 1. The standard InChI is InChI=1S/C19H24N2O2/c1-4-21(5-2)17-10-9-16(19(22)12-17)14-20-13-15-7-6-8-18(11-15)23-3/h6-12,14,22H,4-5,13H2,1-3H3. The molecule has 0 amide bonds. The maximum absolute atomic E-state index is 10.2. The van der Waals surface area contributed by atoms with Gasteiger partial charge in [0.2, 0.25) is 0 Å². The van der Waals surface area contributed by atoms with Crippen LogP contribution in [0.3, 0.4) is 0 Å². The van der Waals surface area contributed by atoms with E-state index in [1.54, 1.807) is 19.4 Å². The summed E-state index contributed by atoms with van der Waals surface area (Å²) >= 11 is 0. The average Bonchev–Trinajstić information content (AvgIpc) is 2.58. The van der Waals surface area contributed by atoms with E-state index in [0.717, 1.165) is 35.7 Å². The van der Waals surface area contributed by atoms with Gasteiger partial charge in [-0.15, -0.1) is 0 Å². The molecule has 2 aromatic carbocycles. The van der Waals surface area contributed by atoms with Gasteiger partial charge in [0.05, 0.1) is 13.7 Å². The normalized spacial score (nSPS) is 10.9. The molecule has 122 valence electrons. The summed E-state index contributed by atoms with van der Waals surface area (Å²) in [5.74, 6) is 1.08. The minimum atomic E-state index is 0.254. The maximum Gasteiger partial charge on any atom is 0.126 e. The Kier molecular flexibility index (Phi) is 6.03. The lowest BCUT2D eigenvalue weighted by molar-refractivity contribution is 0.414. The topological polar surface area (TPSA) is 45.1 Å². The molecule has 4 nitrogen and oxygen atoms in total. The summed E-state index contributed by atoms with van der Waals surface area (Å²) in [6, 6.07) is 13.5. The second-order valence-corrected chi connectivity index (χ2v) is 5.24. The van der Waals surface area contributed by atoms with Crippen molar-refractivity contribution in [2.45, 2.75) is 20.4 Å². The minimum absolute atomic E-state index is 0.254. The average molecular weight is 312 g/mol. The molecule has 0 saturated carbocycles. The Bertz CT molecular complexity index is 664. The largest absolute Gasteiger partial charge is 0.507 e. The molecule has 0 atom stereocenters. The van der Waals surface area contributed by atoms with Gasteiger partial charge in [0.1, 0.15) is 11.5 Å². The zero-order valence-corrected chi connectivity index (χ0v) is 14.0. The molecule has 0 heterocycles. The summed E-state index contributed by atoms with van der Waals surface area (Å²) in [5.41, 5.74) is 2.82. The molecular weight excluding hydrogens is 288 g/mol. The van der Waals surface area contributed by atoms with Gasteiger partial charge < -0.3 is 14.7 Å². The highest BCUT2D eigenvalue weighted by Crippen LogP contribution is 2.23. The van der Waals surface area contributed by atoms with Crippen LogP contribution in [0.1, 0.15) is 25.0 Å². The number of hydrogen-bond donors (Lipinski definition) is 1. The zero-order valence-electron chi connectivity index (χ0n) is 14.0. The summed E-state index contributed by atoms with van der Waals surface area (Å²) in [6.07, 6.45) is 1.71. The summed E-state index contributed by atoms with van der Waals surface area (Å²) in [5, 5.41) is 10.2. The molecule has 4 heteroatoms. The molecule has 23 heavy (non-hydrogen) atoms. The third-order valence-electron chi connectivity index (χ3n) is 3.78. The van der Waals surface area contributed by atoms with Crippen LogP contribution in [0.2, 0.25) is 0 Å². The molecule has 0 unspecified atom stereocenters. The number of aliphatic imine (C=N–C) groups is 1. The predicted molar refractivity (Wildman–Crippen MR) is 96.0 cm³/mol. The summed E-state index contributed by atoms with van der Waals surface area (Å²) in [4.78, 5) is 6.60. The van der Waals surface area contributed by atoms with E-state index < -0.39 is 0 Å². The van der Waals surface area contributed by atoms with Gasteiger partial charge in [-0.25, -0.2) is 0 Å². The van der Waals surface area contributed by atoms with Gasteiger partial charge in [-0.3, -0.25) is 4.99 Å². The minimum Gasteiger partial charge on any atom is -0.507 e. The van der Waals surface area contributed by atoms with Crippen molar-refractivity contribution in [1.29, 1.82) is 0 Å². The fraction of sp³-hybridized carbons (Fsp3) is 0.316. The lowest BCUT2D eigenvalue weighted by atomic mass is 10.1. The lowest BCUT2D eigenvalue weighted by Gasteiger charge is -2.21. The Balaban J connectivity index is 2.07. The molecule has 0 aromatic heterocycles. The second kappa shape index (κ2) is 8.22. The van der Waals surface area contributed by atoms with Crippen LogP contribution in [-0.4, -0.2) is 31.5 Å². The zero-order chi connectivity index (χ0) is 16.7. The Labute approximate surface area is 138 Å². The number of aromatic hydroxyl groups is 1. The summed E-state index contributed by atoms with van der Waals surface area (Å²) in [7, 11) is 1.65. The van der Waals surface area contributed by atoms with Gasteiger partial charge in [0.25, 0.3) is 0 Å². The number of anilines is 1. The summed E-state index contributed by atoms with van der Waals surface area (Å²) in [6.45, 7) is 6.58. The fourth-order valence-corrected chi connectivity index (χ4v) is 2.45. The number of nitrogens with zero attached hydrogens (tertiary/aromatic N) is 2. The highest BCUT2D eigenvalue weighted by atomic mass is 16.5. The number of benzene rings is 2. The quantitative estimate of drug-likeness (QED) is 0.789. The van der Waals surface area contributed by atoms with Crippen molar-refractivity contribution >= 4 is 11.9 Å². The number of ether oxygens (including phenoxy) is 1. The van der Waals surface area contributed by atoms with Crippen molar-refractivity contribution in [2.24, 2.45) is 4.99 Å². The van der Waals surface area contributed by atoms with Crippen LogP contribution in [0, 0.1) is 0 Å². The SMILES string of the molecule is CCN(CC)c1ccc(C=NCc2cccc(OC)c2)c(O)c1. The van der Waals surface area contributed by atoms with Crippen molar-refractivity contribution in [3.05, 3.63) is 53.6 Å². The molecule has 0 aliphatic carbocycles. The molecule has 2 rings (SSSR count). The van der Waals surface area contributed by atoms with E-state index in [1.165, 1.54) is 0 Å². The van der Waals surface area contributed by atoms with Crippen LogP contribution in [0.25, 0.3) is 0 Å². The number of methoxy groups -OCH3 is 1. The van der Waals surface area contributed by atoms with Gasteiger partial charge in [-0.05, 0) is 43.7 Å². The number of phenolic OH excluding ortho intramolecular Hbond substituents is 1. The van der Waals surface area contributed by atoms with E-state index in [1.807, 2.05) is 36.4 Å². The van der Waals surface area contributed by atoms with Crippen LogP contribution in [0.4, 0.5) is 5.69 Å². The molecular formula is C19H24N2O2. The molecule has 0 radical (unpaired) electrons. The third kappa shape index (κ3) is 4.49. The van der Waals surface area contributed by atoms with Crippen LogP contribution in [-0.2, 0) is 6.54 Å². The van der Waals surface area contributed by atoms with Gasteiger partial charge in [-0.2, -0.15) is 0 Å². The van der Waals surface area contributed by atoms with Crippen LogP contribution in [0.15, 0.2) is 47.5 Å².